The molecule has 2 fully saturated rings. The normalized spacial score (nSPS) is 29.3. The van der Waals surface area contributed by atoms with Crippen LogP contribution >= 0.6 is 0 Å². The molecule has 1 spiro atoms. The molecule has 6 nitrogen and oxygen atoms in total. The number of ether oxygens (including phenoxy) is 2. The van der Waals surface area contributed by atoms with Crippen LogP contribution in [0.5, 0.6) is 0 Å². The fourth-order valence-corrected chi connectivity index (χ4v) is 2.87. The smallest absolute Gasteiger partial charge is 0.399 e. The maximum absolute atomic E-state index is 11.5. The Bertz CT molecular complexity index is 528. The Balaban J connectivity index is 2.07. The molecule has 0 amide bonds. The number of aliphatic hydroxyl groups is 1. The van der Waals surface area contributed by atoms with Crippen LogP contribution in [-0.2, 0) is 19.1 Å². The second-order valence-electron chi connectivity index (χ2n) is 5.08. The van der Waals surface area contributed by atoms with Crippen molar-refractivity contribution in [3.63, 3.8) is 0 Å². The average Bonchev–Trinajstić information content (AvgIpc) is 2.73. The van der Waals surface area contributed by atoms with Gasteiger partial charge in [0.25, 0.3) is 0 Å². The maximum Gasteiger partial charge on any atom is 0.421 e. The molecule has 1 N–H and O–H groups in total. The predicted molar refractivity (Wildman–Crippen MR) is 67.4 cm³/mol. The van der Waals surface area contributed by atoms with Gasteiger partial charge in [0, 0.05) is 6.54 Å². The summed E-state index contributed by atoms with van der Waals surface area (Å²) in [5.74, 6) is -4.22. The Kier molecular flexibility index (Phi) is 2.99. The molecule has 1 aromatic rings. The third-order valence-electron chi connectivity index (χ3n) is 3.87. The van der Waals surface area contributed by atoms with Crippen molar-refractivity contribution < 1.29 is 24.2 Å². The van der Waals surface area contributed by atoms with Crippen LogP contribution in [0.15, 0.2) is 30.3 Å². The summed E-state index contributed by atoms with van der Waals surface area (Å²) in [5.41, 5.74) is 0.758. The molecule has 2 aliphatic heterocycles. The van der Waals surface area contributed by atoms with Gasteiger partial charge in [-0.3, -0.25) is 0 Å². The molecule has 0 saturated carbocycles. The van der Waals surface area contributed by atoms with E-state index in [-0.39, 0.29) is 0 Å². The molecule has 0 aromatic heterocycles. The molecular formula is C14H15NO5. The molecule has 106 valence electrons. The number of likely N-dealkylation sites (N-methyl/N-ethyl adjacent to an activating group) is 1. The first kappa shape index (κ1) is 13.1. The lowest BCUT2D eigenvalue weighted by atomic mass is 9.84. The number of likely N-dealkylation sites (tertiary alicyclic amines) is 1. The Hall–Kier alpha value is -1.92. The SMILES string of the molecule is CN1CCC(O)C(c2ccccc2)C12OC(=O)C(=O)O2. The van der Waals surface area contributed by atoms with Crippen molar-refractivity contribution in [2.75, 3.05) is 13.6 Å². The molecular weight excluding hydrogens is 262 g/mol. The molecule has 2 heterocycles. The van der Waals surface area contributed by atoms with Gasteiger partial charge in [0.2, 0.25) is 0 Å². The van der Waals surface area contributed by atoms with Gasteiger partial charge in [0.05, 0.1) is 6.10 Å². The number of hydrogen-bond donors (Lipinski definition) is 1. The van der Waals surface area contributed by atoms with E-state index in [1.165, 1.54) is 0 Å². The summed E-state index contributed by atoms with van der Waals surface area (Å²) in [6.45, 7) is 0.463. The number of nitrogens with zero attached hydrogens (tertiary/aromatic N) is 1. The summed E-state index contributed by atoms with van der Waals surface area (Å²) in [6, 6.07) is 9.12. The minimum atomic E-state index is -1.55. The van der Waals surface area contributed by atoms with Crippen molar-refractivity contribution >= 4 is 11.9 Å². The van der Waals surface area contributed by atoms with Crippen molar-refractivity contribution in [1.29, 1.82) is 0 Å². The summed E-state index contributed by atoms with van der Waals surface area (Å²) >= 11 is 0. The van der Waals surface area contributed by atoms with Gasteiger partial charge < -0.3 is 14.6 Å². The van der Waals surface area contributed by atoms with E-state index in [4.69, 9.17) is 9.47 Å². The van der Waals surface area contributed by atoms with Gasteiger partial charge >= 0.3 is 17.8 Å². The summed E-state index contributed by atoms with van der Waals surface area (Å²) < 4.78 is 10.4. The van der Waals surface area contributed by atoms with Gasteiger partial charge in [-0.2, -0.15) is 0 Å². The number of rotatable bonds is 1. The Morgan fingerprint density at radius 1 is 1.20 bits per heavy atom. The number of piperidine rings is 1. The van der Waals surface area contributed by atoms with Crippen LogP contribution in [0.25, 0.3) is 0 Å². The van der Waals surface area contributed by atoms with Crippen LogP contribution in [0.4, 0.5) is 0 Å². The highest BCUT2D eigenvalue weighted by Crippen LogP contribution is 2.44. The van der Waals surface area contributed by atoms with Crippen LogP contribution in [0.3, 0.4) is 0 Å². The first-order valence-corrected chi connectivity index (χ1v) is 6.45. The standard InChI is InChI=1S/C14H15NO5/c1-15-8-7-10(16)11(9-5-3-2-4-6-9)14(15)19-12(17)13(18)20-14/h2-6,10-11,16H,7-8H2,1H3. The molecule has 0 aliphatic carbocycles. The monoisotopic (exact) mass is 277 g/mol. The van der Waals surface area contributed by atoms with E-state index in [0.29, 0.717) is 13.0 Å². The van der Waals surface area contributed by atoms with Crippen molar-refractivity contribution in [2.45, 2.75) is 24.4 Å². The molecule has 3 rings (SSSR count). The average molecular weight is 277 g/mol. The van der Waals surface area contributed by atoms with Gasteiger partial charge in [-0.05, 0) is 19.0 Å². The van der Waals surface area contributed by atoms with Gasteiger partial charge in [0.1, 0.15) is 5.92 Å². The molecule has 6 heteroatoms. The molecule has 1 aromatic carbocycles. The lowest BCUT2D eigenvalue weighted by Gasteiger charge is -2.46. The Morgan fingerprint density at radius 2 is 1.80 bits per heavy atom. The lowest BCUT2D eigenvalue weighted by Crippen LogP contribution is -2.59. The Labute approximate surface area is 115 Å². The van der Waals surface area contributed by atoms with Crippen LogP contribution in [0, 0.1) is 0 Å². The Morgan fingerprint density at radius 3 is 2.40 bits per heavy atom. The number of aliphatic hydroxyl groups excluding tert-OH is 1. The minimum absolute atomic E-state index is 0.463. The zero-order valence-electron chi connectivity index (χ0n) is 11.0. The molecule has 0 radical (unpaired) electrons. The van der Waals surface area contributed by atoms with E-state index in [2.05, 4.69) is 0 Å². The lowest BCUT2D eigenvalue weighted by molar-refractivity contribution is -0.282. The first-order valence-electron chi connectivity index (χ1n) is 6.45. The second kappa shape index (κ2) is 4.57. The summed E-state index contributed by atoms with van der Waals surface area (Å²) in [6.07, 6.45) is -0.250. The number of carbonyl (C=O) groups is 2. The van der Waals surface area contributed by atoms with E-state index in [9.17, 15) is 14.7 Å². The highest BCUT2D eigenvalue weighted by Gasteiger charge is 2.61. The van der Waals surface area contributed by atoms with E-state index in [1.54, 1.807) is 11.9 Å². The number of esters is 2. The number of carbonyl (C=O) groups excluding carboxylic acids is 2. The molecule has 2 atom stereocenters. The van der Waals surface area contributed by atoms with Crippen molar-refractivity contribution in [1.82, 2.24) is 4.90 Å². The summed E-state index contributed by atoms with van der Waals surface area (Å²) in [5, 5.41) is 10.3. The quantitative estimate of drug-likeness (QED) is 0.584. The summed E-state index contributed by atoms with van der Waals surface area (Å²) in [7, 11) is 1.70. The molecule has 20 heavy (non-hydrogen) atoms. The zero-order valence-corrected chi connectivity index (χ0v) is 11.0. The highest BCUT2D eigenvalue weighted by molar-refractivity contribution is 6.31. The van der Waals surface area contributed by atoms with Gasteiger partial charge in [-0.25, -0.2) is 14.5 Å². The summed E-state index contributed by atoms with van der Waals surface area (Å²) in [4.78, 5) is 24.6. The number of benzene rings is 1. The van der Waals surface area contributed by atoms with Gasteiger partial charge in [-0.15, -0.1) is 0 Å². The van der Waals surface area contributed by atoms with Crippen LogP contribution in [0.1, 0.15) is 17.9 Å². The van der Waals surface area contributed by atoms with Crippen molar-refractivity contribution in [2.24, 2.45) is 0 Å². The number of hydrogen-bond acceptors (Lipinski definition) is 6. The molecule has 0 bridgehead atoms. The topological polar surface area (TPSA) is 76.1 Å². The van der Waals surface area contributed by atoms with Crippen molar-refractivity contribution in [3.8, 4) is 0 Å². The van der Waals surface area contributed by atoms with E-state index in [1.807, 2.05) is 30.3 Å². The molecule has 2 unspecified atom stereocenters. The van der Waals surface area contributed by atoms with E-state index >= 15 is 0 Å². The predicted octanol–water partition coefficient (Wildman–Crippen LogP) is 0.220. The van der Waals surface area contributed by atoms with Crippen LogP contribution in [0.2, 0.25) is 0 Å². The zero-order chi connectivity index (χ0) is 14.3. The van der Waals surface area contributed by atoms with E-state index < -0.39 is 29.9 Å². The third-order valence-corrected chi connectivity index (χ3v) is 3.87. The molecule has 2 aliphatic rings. The van der Waals surface area contributed by atoms with Crippen LogP contribution in [-0.4, -0.2) is 47.6 Å². The maximum atomic E-state index is 11.5. The fourth-order valence-electron chi connectivity index (χ4n) is 2.87. The van der Waals surface area contributed by atoms with Gasteiger partial charge in [-0.1, -0.05) is 30.3 Å². The van der Waals surface area contributed by atoms with E-state index in [0.717, 1.165) is 5.56 Å². The third kappa shape index (κ3) is 1.80. The second-order valence-corrected chi connectivity index (χ2v) is 5.08. The minimum Gasteiger partial charge on any atom is -0.399 e. The molecule has 2 saturated heterocycles. The van der Waals surface area contributed by atoms with Gasteiger partial charge in [0.15, 0.2) is 0 Å². The fraction of sp³-hybridized carbons (Fsp3) is 0.429. The van der Waals surface area contributed by atoms with Crippen LogP contribution < -0.4 is 0 Å². The highest BCUT2D eigenvalue weighted by atomic mass is 16.8. The largest absolute Gasteiger partial charge is 0.421 e. The first-order chi connectivity index (χ1) is 9.54. The van der Waals surface area contributed by atoms with Crippen molar-refractivity contribution in [3.05, 3.63) is 35.9 Å².